The number of nitrogens with zero attached hydrogens (tertiary/aromatic N) is 1. The van der Waals surface area contributed by atoms with Gasteiger partial charge in [0.25, 0.3) is 0 Å². The zero-order chi connectivity index (χ0) is 18.5. The molecule has 3 aromatic carbocycles. The Morgan fingerprint density at radius 1 is 0.926 bits per heavy atom. The number of para-hydroxylation sites is 1. The van der Waals surface area contributed by atoms with Crippen molar-refractivity contribution in [1.29, 1.82) is 0 Å². The summed E-state index contributed by atoms with van der Waals surface area (Å²) < 4.78 is 5.38. The molecule has 0 unspecified atom stereocenters. The van der Waals surface area contributed by atoms with E-state index in [0.717, 1.165) is 13.1 Å². The molecule has 0 aromatic heterocycles. The lowest BCUT2D eigenvalue weighted by Gasteiger charge is -2.29. The van der Waals surface area contributed by atoms with Gasteiger partial charge in [0.15, 0.2) is 0 Å². The molecule has 1 N–H and O–H groups in total. The number of rotatable bonds is 5. The number of fused-ring (bicyclic) bond motifs is 1. The van der Waals surface area contributed by atoms with E-state index in [1.165, 1.54) is 29.2 Å². The predicted molar refractivity (Wildman–Crippen MR) is 108 cm³/mol. The highest BCUT2D eigenvalue weighted by Gasteiger charge is 2.25. The van der Waals surface area contributed by atoms with E-state index in [-0.39, 0.29) is 6.04 Å². The molecule has 1 aliphatic rings. The predicted octanol–water partition coefficient (Wildman–Crippen LogP) is 4.77. The van der Waals surface area contributed by atoms with E-state index in [2.05, 4.69) is 52.7 Å². The van der Waals surface area contributed by atoms with Crippen LogP contribution in [0.15, 0.2) is 72.8 Å². The van der Waals surface area contributed by atoms with Crippen LogP contribution in [0.1, 0.15) is 24.4 Å². The lowest BCUT2D eigenvalue weighted by molar-refractivity contribution is 0.189. The molecule has 4 heteroatoms. The van der Waals surface area contributed by atoms with Crippen molar-refractivity contribution in [3.05, 3.63) is 78.4 Å². The number of ether oxygens (including phenoxy) is 1. The molecule has 0 saturated carbocycles. The van der Waals surface area contributed by atoms with Crippen LogP contribution in [0.2, 0.25) is 0 Å². The quantitative estimate of drug-likeness (QED) is 0.713. The number of nitrogens with one attached hydrogen (secondary N) is 1. The Morgan fingerprint density at radius 3 is 2.44 bits per heavy atom. The molecule has 4 nitrogen and oxygen atoms in total. The average molecular weight is 360 g/mol. The SMILES string of the molecule is O=C(NC[C@H](c1cccc2ccccc12)N1CCCC1)Oc1ccccc1. The van der Waals surface area contributed by atoms with Gasteiger partial charge in [-0.15, -0.1) is 0 Å². The highest BCUT2D eigenvalue weighted by atomic mass is 16.6. The van der Waals surface area contributed by atoms with Crippen molar-refractivity contribution in [3.63, 3.8) is 0 Å². The third-order valence-electron chi connectivity index (χ3n) is 5.16. The molecule has 1 amide bonds. The zero-order valence-corrected chi connectivity index (χ0v) is 15.3. The number of carbonyl (C=O) groups excluding carboxylic acids is 1. The first kappa shape index (κ1) is 17.6. The van der Waals surface area contributed by atoms with Crippen LogP contribution in [-0.4, -0.2) is 30.6 Å². The summed E-state index contributed by atoms with van der Waals surface area (Å²) in [5, 5.41) is 5.44. The fourth-order valence-corrected chi connectivity index (χ4v) is 3.84. The van der Waals surface area contributed by atoms with E-state index in [1.807, 2.05) is 18.2 Å². The Labute approximate surface area is 159 Å². The summed E-state index contributed by atoms with van der Waals surface area (Å²) in [7, 11) is 0. The smallest absolute Gasteiger partial charge is 0.410 e. The minimum absolute atomic E-state index is 0.141. The Kier molecular flexibility index (Phi) is 5.35. The molecule has 1 fully saturated rings. The first-order valence-corrected chi connectivity index (χ1v) is 9.54. The fourth-order valence-electron chi connectivity index (χ4n) is 3.84. The van der Waals surface area contributed by atoms with Crippen LogP contribution in [0, 0.1) is 0 Å². The Hall–Kier alpha value is -2.85. The van der Waals surface area contributed by atoms with Gasteiger partial charge in [0, 0.05) is 6.54 Å². The second kappa shape index (κ2) is 8.23. The lowest BCUT2D eigenvalue weighted by atomic mass is 9.97. The van der Waals surface area contributed by atoms with Gasteiger partial charge in [-0.1, -0.05) is 60.7 Å². The van der Waals surface area contributed by atoms with Crippen molar-refractivity contribution in [1.82, 2.24) is 10.2 Å². The fraction of sp³-hybridized carbons (Fsp3) is 0.261. The van der Waals surface area contributed by atoms with E-state index >= 15 is 0 Å². The first-order valence-electron chi connectivity index (χ1n) is 9.54. The van der Waals surface area contributed by atoms with Crippen molar-refractivity contribution in [3.8, 4) is 5.75 Å². The van der Waals surface area contributed by atoms with Gasteiger partial charge in [0.1, 0.15) is 5.75 Å². The first-order chi connectivity index (χ1) is 13.3. The van der Waals surface area contributed by atoms with Crippen LogP contribution in [0.5, 0.6) is 5.75 Å². The third kappa shape index (κ3) is 4.12. The van der Waals surface area contributed by atoms with Gasteiger partial charge in [-0.2, -0.15) is 0 Å². The van der Waals surface area contributed by atoms with Crippen LogP contribution < -0.4 is 10.1 Å². The average Bonchev–Trinajstić information content (AvgIpc) is 3.23. The number of benzene rings is 3. The minimum atomic E-state index is -0.411. The summed E-state index contributed by atoms with van der Waals surface area (Å²) >= 11 is 0. The molecule has 138 valence electrons. The molecular formula is C23H24N2O2. The summed E-state index contributed by atoms with van der Waals surface area (Å²) in [6, 6.07) is 24.2. The van der Waals surface area contributed by atoms with Gasteiger partial charge in [0.2, 0.25) is 0 Å². The second-order valence-corrected chi connectivity index (χ2v) is 6.91. The van der Waals surface area contributed by atoms with E-state index in [9.17, 15) is 4.79 Å². The highest BCUT2D eigenvalue weighted by Crippen LogP contribution is 2.30. The molecule has 0 spiro atoms. The molecule has 3 aromatic rings. The number of hydrogen-bond acceptors (Lipinski definition) is 3. The van der Waals surface area contributed by atoms with Crippen LogP contribution >= 0.6 is 0 Å². The van der Waals surface area contributed by atoms with E-state index in [4.69, 9.17) is 4.74 Å². The molecule has 0 aliphatic carbocycles. The Morgan fingerprint density at radius 2 is 1.63 bits per heavy atom. The molecule has 1 atom stereocenters. The number of likely N-dealkylation sites (tertiary alicyclic amines) is 1. The minimum Gasteiger partial charge on any atom is -0.410 e. The molecule has 1 aliphatic heterocycles. The zero-order valence-electron chi connectivity index (χ0n) is 15.3. The summed E-state index contributed by atoms with van der Waals surface area (Å²) in [4.78, 5) is 14.7. The van der Waals surface area contributed by atoms with Crippen molar-refractivity contribution in [2.75, 3.05) is 19.6 Å². The van der Waals surface area contributed by atoms with E-state index < -0.39 is 6.09 Å². The molecule has 0 radical (unpaired) electrons. The molecular weight excluding hydrogens is 336 g/mol. The summed E-state index contributed by atoms with van der Waals surface area (Å²) in [6.07, 6.45) is 2.00. The largest absolute Gasteiger partial charge is 0.412 e. The second-order valence-electron chi connectivity index (χ2n) is 6.91. The summed E-state index contributed by atoms with van der Waals surface area (Å²) in [6.45, 7) is 2.65. The molecule has 0 bridgehead atoms. The van der Waals surface area contributed by atoms with E-state index in [0.29, 0.717) is 12.3 Å². The van der Waals surface area contributed by atoms with Gasteiger partial charge in [-0.3, -0.25) is 4.90 Å². The maximum absolute atomic E-state index is 12.3. The van der Waals surface area contributed by atoms with Crippen molar-refractivity contribution >= 4 is 16.9 Å². The highest BCUT2D eigenvalue weighted by molar-refractivity contribution is 5.86. The topological polar surface area (TPSA) is 41.6 Å². The summed E-state index contributed by atoms with van der Waals surface area (Å²) in [5.74, 6) is 0.554. The van der Waals surface area contributed by atoms with Gasteiger partial charge < -0.3 is 10.1 Å². The summed E-state index contributed by atoms with van der Waals surface area (Å²) in [5.41, 5.74) is 1.26. The Balaban J connectivity index is 1.54. The normalized spacial score (nSPS) is 15.6. The third-order valence-corrected chi connectivity index (χ3v) is 5.16. The van der Waals surface area contributed by atoms with Crippen molar-refractivity contribution in [2.45, 2.75) is 18.9 Å². The number of hydrogen-bond donors (Lipinski definition) is 1. The maximum Gasteiger partial charge on any atom is 0.412 e. The van der Waals surface area contributed by atoms with Crippen molar-refractivity contribution in [2.24, 2.45) is 0 Å². The van der Waals surface area contributed by atoms with Crippen LogP contribution in [0.4, 0.5) is 4.79 Å². The molecule has 27 heavy (non-hydrogen) atoms. The Bertz CT molecular complexity index is 899. The lowest BCUT2D eigenvalue weighted by Crippen LogP contribution is -2.38. The number of carbonyl (C=O) groups is 1. The van der Waals surface area contributed by atoms with Gasteiger partial charge in [0.05, 0.1) is 6.04 Å². The van der Waals surface area contributed by atoms with Crippen LogP contribution in [-0.2, 0) is 0 Å². The molecule has 4 rings (SSSR count). The van der Waals surface area contributed by atoms with Gasteiger partial charge >= 0.3 is 6.09 Å². The van der Waals surface area contributed by atoms with Crippen LogP contribution in [0.25, 0.3) is 10.8 Å². The van der Waals surface area contributed by atoms with Gasteiger partial charge in [-0.25, -0.2) is 4.79 Å². The monoisotopic (exact) mass is 360 g/mol. The maximum atomic E-state index is 12.3. The van der Waals surface area contributed by atoms with Gasteiger partial charge in [-0.05, 0) is 54.4 Å². The number of amides is 1. The molecule has 1 heterocycles. The van der Waals surface area contributed by atoms with Crippen molar-refractivity contribution < 1.29 is 9.53 Å². The molecule has 1 saturated heterocycles. The standard InChI is InChI=1S/C23H24N2O2/c26-23(27-19-11-2-1-3-12-19)24-17-22(25-15-6-7-16-25)21-14-8-10-18-9-4-5-13-20(18)21/h1-5,8-14,22H,6-7,15-17H2,(H,24,26)/t22-/m1/s1. The van der Waals surface area contributed by atoms with E-state index in [1.54, 1.807) is 12.1 Å². The van der Waals surface area contributed by atoms with Crippen LogP contribution in [0.3, 0.4) is 0 Å².